The predicted octanol–water partition coefficient (Wildman–Crippen LogP) is 2.89. The number of likely N-dealkylation sites (tertiary alicyclic amines) is 1. The zero-order valence-electron chi connectivity index (χ0n) is 22.3. The van der Waals surface area contributed by atoms with Crippen LogP contribution >= 0.6 is 0 Å². The van der Waals surface area contributed by atoms with Gasteiger partial charge in [0.25, 0.3) is 5.91 Å². The highest BCUT2D eigenvalue weighted by Gasteiger charge is 2.41. The zero-order chi connectivity index (χ0) is 27.1. The normalized spacial score (nSPS) is 25.5. The van der Waals surface area contributed by atoms with Gasteiger partial charge in [0.1, 0.15) is 12.1 Å². The standard InChI is InChI=1S/C28H32N8O3/c1-16-8-17(2)10-20(9-16)30-28-29-13-19-14-35(15-24(19)31-28)21-6-7-36(25(12-21)27(38)39-3)26(37)18-4-5-22-23(11-18)33-34-32-22/h4-5,8-11,13,21-23,25H,6-7,12,14-15H2,1-3H3,(H,32,33)(H,29,30,31)/t21-,22?,23?,25+/m1/s1. The number of fused-ring (bicyclic) bond motifs is 2. The number of methoxy groups -OCH3 is 1. The van der Waals surface area contributed by atoms with Crippen LogP contribution in [-0.4, -0.2) is 69.5 Å². The second-order valence-electron chi connectivity index (χ2n) is 10.6. The average Bonchev–Trinajstić information content (AvgIpc) is 3.57. The van der Waals surface area contributed by atoms with Crippen molar-refractivity contribution in [1.29, 1.82) is 0 Å². The molecule has 11 nitrogen and oxygen atoms in total. The van der Waals surface area contributed by atoms with E-state index in [9.17, 15) is 9.59 Å². The lowest BCUT2D eigenvalue weighted by atomic mass is 9.93. The van der Waals surface area contributed by atoms with Crippen LogP contribution < -0.4 is 10.7 Å². The zero-order valence-corrected chi connectivity index (χ0v) is 22.3. The van der Waals surface area contributed by atoms with E-state index in [-0.39, 0.29) is 24.0 Å². The second-order valence-corrected chi connectivity index (χ2v) is 10.6. The number of carbonyl (C=O) groups is 2. The third-order valence-corrected chi connectivity index (χ3v) is 7.83. The number of amides is 1. The molecule has 1 aliphatic carbocycles. The molecule has 4 heterocycles. The topological polar surface area (TPSA) is 124 Å². The van der Waals surface area contributed by atoms with Gasteiger partial charge in [-0.2, -0.15) is 5.11 Å². The van der Waals surface area contributed by atoms with Gasteiger partial charge in [-0.25, -0.2) is 14.8 Å². The van der Waals surface area contributed by atoms with Crippen LogP contribution in [0, 0.1) is 13.8 Å². The first-order valence-corrected chi connectivity index (χ1v) is 13.3. The Morgan fingerprint density at radius 2 is 1.97 bits per heavy atom. The fraction of sp³-hybridized carbons (Fsp3) is 0.429. The average molecular weight is 529 g/mol. The highest BCUT2D eigenvalue weighted by molar-refractivity contribution is 5.99. The molecule has 1 fully saturated rings. The molecule has 0 spiro atoms. The largest absolute Gasteiger partial charge is 0.467 e. The maximum atomic E-state index is 13.5. The fourth-order valence-corrected chi connectivity index (χ4v) is 5.92. The number of piperidine rings is 1. The first kappa shape index (κ1) is 25.2. The molecule has 2 N–H and O–H groups in total. The van der Waals surface area contributed by atoms with Crippen molar-refractivity contribution in [3.63, 3.8) is 0 Å². The Kier molecular flexibility index (Phi) is 6.59. The number of rotatable bonds is 5. The molecule has 0 bridgehead atoms. The van der Waals surface area contributed by atoms with Crippen LogP contribution in [0.2, 0.25) is 0 Å². The Labute approximate surface area is 227 Å². The lowest BCUT2D eigenvalue weighted by Gasteiger charge is -2.41. The molecular weight excluding hydrogens is 496 g/mol. The van der Waals surface area contributed by atoms with Crippen molar-refractivity contribution in [2.45, 2.75) is 63.9 Å². The van der Waals surface area contributed by atoms with E-state index in [1.807, 2.05) is 18.3 Å². The molecule has 4 atom stereocenters. The lowest BCUT2D eigenvalue weighted by Crippen LogP contribution is -2.55. The van der Waals surface area contributed by atoms with Gasteiger partial charge in [-0.05, 0) is 56.0 Å². The summed E-state index contributed by atoms with van der Waals surface area (Å²) in [4.78, 5) is 39.6. The van der Waals surface area contributed by atoms with Gasteiger partial charge in [-0.15, -0.1) is 0 Å². The molecular formula is C28H32N8O3. The molecule has 39 heavy (non-hydrogen) atoms. The summed E-state index contributed by atoms with van der Waals surface area (Å²) in [6.07, 6.45) is 8.61. The minimum absolute atomic E-state index is 0.0970. The quantitative estimate of drug-likeness (QED) is 0.568. The fourth-order valence-electron chi connectivity index (χ4n) is 5.92. The lowest BCUT2D eigenvalue weighted by molar-refractivity contribution is -0.154. The van der Waals surface area contributed by atoms with E-state index >= 15 is 0 Å². The number of anilines is 2. The van der Waals surface area contributed by atoms with Gasteiger partial charge in [-0.3, -0.25) is 15.1 Å². The Bertz CT molecular complexity index is 1380. The number of aryl methyl sites for hydroxylation is 2. The molecule has 2 aromatic rings. The van der Waals surface area contributed by atoms with Crippen molar-refractivity contribution < 1.29 is 14.3 Å². The van der Waals surface area contributed by atoms with Crippen LogP contribution in [0.25, 0.3) is 0 Å². The summed E-state index contributed by atoms with van der Waals surface area (Å²) in [5, 5.41) is 11.3. The molecule has 11 heteroatoms. The second kappa shape index (κ2) is 10.2. The van der Waals surface area contributed by atoms with Crippen molar-refractivity contribution in [1.82, 2.24) is 25.2 Å². The van der Waals surface area contributed by atoms with Gasteiger partial charge < -0.3 is 15.0 Å². The molecule has 1 aromatic heterocycles. The maximum absolute atomic E-state index is 13.5. The first-order valence-electron chi connectivity index (χ1n) is 13.3. The number of carbonyl (C=O) groups excluding carboxylic acids is 2. The summed E-state index contributed by atoms with van der Waals surface area (Å²) in [6.45, 7) is 5.97. The minimum Gasteiger partial charge on any atom is -0.467 e. The molecule has 0 saturated carbocycles. The third kappa shape index (κ3) is 5.01. The summed E-state index contributed by atoms with van der Waals surface area (Å²) < 4.78 is 5.13. The Morgan fingerprint density at radius 3 is 2.77 bits per heavy atom. The molecule has 6 rings (SSSR count). The maximum Gasteiger partial charge on any atom is 0.328 e. The van der Waals surface area contributed by atoms with E-state index in [1.165, 1.54) is 18.2 Å². The van der Waals surface area contributed by atoms with Crippen LogP contribution in [0.15, 0.2) is 58.5 Å². The SMILES string of the molecule is COC(=O)[C@@H]1C[C@H](N2Cc3cnc(Nc4cc(C)cc(C)c4)nc3C2)CCN1C(=O)C1=CC2NN=NC2C=C1. The first-order chi connectivity index (χ1) is 18.9. The number of nitrogens with one attached hydrogen (secondary N) is 2. The molecule has 1 saturated heterocycles. The smallest absolute Gasteiger partial charge is 0.328 e. The number of hydrogen-bond acceptors (Lipinski definition) is 10. The van der Waals surface area contributed by atoms with E-state index in [1.54, 1.807) is 11.0 Å². The third-order valence-electron chi connectivity index (χ3n) is 7.83. The highest BCUT2D eigenvalue weighted by Crippen LogP contribution is 2.32. The summed E-state index contributed by atoms with van der Waals surface area (Å²) in [5.41, 5.74) is 8.84. The van der Waals surface area contributed by atoms with E-state index in [2.05, 4.69) is 63.0 Å². The van der Waals surface area contributed by atoms with Gasteiger partial charge in [0.05, 0.1) is 18.8 Å². The molecule has 2 unspecified atom stereocenters. The van der Waals surface area contributed by atoms with Crippen molar-refractivity contribution in [2.24, 2.45) is 10.3 Å². The number of aromatic nitrogens is 2. The number of hydrogen-bond donors (Lipinski definition) is 2. The van der Waals surface area contributed by atoms with Crippen molar-refractivity contribution in [2.75, 3.05) is 19.0 Å². The molecule has 4 aliphatic rings. The summed E-state index contributed by atoms with van der Waals surface area (Å²) in [5.74, 6) is -0.00136. The summed E-state index contributed by atoms with van der Waals surface area (Å²) in [6, 6.07) is 5.49. The molecule has 1 aromatic carbocycles. The molecule has 3 aliphatic heterocycles. The molecule has 202 valence electrons. The van der Waals surface area contributed by atoms with E-state index < -0.39 is 12.0 Å². The van der Waals surface area contributed by atoms with Gasteiger partial charge in [0.15, 0.2) is 0 Å². The van der Waals surface area contributed by atoms with Gasteiger partial charge in [-0.1, -0.05) is 23.4 Å². The van der Waals surface area contributed by atoms with E-state index in [0.29, 0.717) is 37.6 Å². The Morgan fingerprint density at radius 1 is 1.15 bits per heavy atom. The minimum atomic E-state index is -0.657. The monoisotopic (exact) mass is 528 g/mol. The Hall–Kier alpha value is -4.12. The van der Waals surface area contributed by atoms with Crippen LogP contribution in [0.4, 0.5) is 11.6 Å². The van der Waals surface area contributed by atoms with E-state index in [4.69, 9.17) is 9.72 Å². The summed E-state index contributed by atoms with van der Waals surface area (Å²) in [7, 11) is 1.37. The number of nitrogens with zero attached hydrogens (tertiary/aromatic N) is 6. The summed E-state index contributed by atoms with van der Waals surface area (Å²) >= 11 is 0. The predicted molar refractivity (Wildman–Crippen MR) is 144 cm³/mol. The van der Waals surface area contributed by atoms with Crippen LogP contribution in [-0.2, 0) is 27.4 Å². The van der Waals surface area contributed by atoms with Crippen LogP contribution in [0.5, 0.6) is 0 Å². The van der Waals surface area contributed by atoms with Crippen LogP contribution in [0.3, 0.4) is 0 Å². The van der Waals surface area contributed by atoms with Gasteiger partial charge >= 0.3 is 5.97 Å². The molecule has 0 radical (unpaired) electrons. The van der Waals surface area contributed by atoms with Gasteiger partial charge in [0, 0.05) is 48.7 Å². The van der Waals surface area contributed by atoms with Crippen molar-refractivity contribution in [3.05, 3.63) is 70.6 Å². The van der Waals surface area contributed by atoms with E-state index in [0.717, 1.165) is 23.4 Å². The molecule has 1 amide bonds. The van der Waals surface area contributed by atoms with Gasteiger partial charge in [0.2, 0.25) is 5.95 Å². The van der Waals surface area contributed by atoms with Crippen LogP contribution in [0.1, 0.15) is 35.2 Å². The Balaban J connectivity index is 1.14. The highest BCUT2D eigenvalue weighted by atomic mass is 16.5. The number of ether oxygens (including phenoxy) is 1. The van der Waals surface area contributed by atoms with Crippen molar-refractivity contribution >= 4 is 23.5 Å². The number of esters is 1. The van der Waals surface area contributed by atoms with Crippen molar-refractivity contribution in [3.8, 4) is 0 Å². The number of benzene rings is 1.